The molecular weight excluding hydrogens is 198 g/mol. The van der Waals surface area contributed by atoms with Crippen LogP contribution in [0.3, 0.4) is 0 Å². The first kappa shape index (κ1) is 10.9. The van der Waals surface area contributed by atoms with Crippen molar-refractivity contribution in [2.45, 2.75) is 32.6 Å². The molecule has 1 N–H and O–H groups in total. The molecule has 0 saturated heterocycles. The van der Waals surface area contributed by atoms with Gasteiger partial charge >= 0.3 is 0 Å². The third-order valence-corrected chi connectivity index (χ3v) is 2.87. The number of unbranched alkanes of at least 4 members (excludes halogenated alkanes) is 3. The van der Waals surface area contributed by atoms with Gasteiger partial charge in [-0.1, -0.05) is 44.0 Å². The average Bonchev–Trinajstić information content (AvgIpc) is 2.61. The number of anilines is 1. The van der Waals surface area contributed by atoms with Gasteiger partial charge in [0.1, 0.15) is 0 Å². The van der Waals surface area contributed by atoms with E-state index in [-0.39, 0.29) is 5.91 Å². The highest BCUT2D eigenvalue weighted by Gasteiger charge is 2.22. The predicted octanol–water partition coefficient (Wildman–Crippen LogP) is 3.60. The third kappa shape index (κ3) is 2.16. The maximum absolute atomic E-state index is 11.7. The van der Waals surface area contributed by atoms with Crippen LogP contribution in [0.1, 0.15) is 38.2 Å². The van der Waals surface area contributed by atoms with Gasteiger partial charge in [-0.2, -0.15) is 0 Å². The monoisotopic (exact) mass is 215 g/mol. The first-order valence-electron chi connectivity index (χ1n) is 5.94. The smallest absolute Gasteiger partial charge is 0.256 e. The quantitative estimate of drug-likeness (QED) is 0.603. The molecule has 1 aliphatic rings. The van der Waals surface area contributed by atoms with Gasteiger partial charge in [0.2, 0.25) is 0 Å². The van der Waals surface area contributed by atoms with Crippen LogP contribution in [0.2, 0.25) is 0 Å². The molecule has 0 radical (unpaired) electrons. The van der Waals surface area contributed by atoms with Crippen LogP contribution in [0.15, 0.2) is 30.3 Å². The molecule has 1 amide bonds. The number of amides is 1. The topological polar surface area (TPSA) is 29.1 Å². The van der Waals surface area contributed by atoms with E-state index in [0.717, 1.165) is 29.7 Å². The molecule has 0 spiro atoms. The largest absolute Gasteiger partial charge is 0.321 e. The molecule has 2 nitrogen and oxygen atoms in total. The predicted molar refractivity (Wildman–Crippen MR) is 67.2 cm³/mol. The first-order valence-corrected chi connectivity index (χ1v) is 5.94. The number of rotatable bonds is 4. The van der Waals surface area contributed by atoms with Crippen LogP contribution >= 0.6 is 0 Å². The fourth-order valence-corrected chi connectivity index (χ4v) is 1.98. The standard InChI is InChI=1S/C14H17NO/c1-2-3-4-5-9-12-11-8-6-7-10-13(11)15-14(12)16/h6-10H,2-5H2,1H3,(H,15,16). The molecule has 2 rings (SSSR count). The number of carbonyl (C=O) groups excluding carboxylic acids is 1. The molecule has 0 saturated carbocycles. The van der Waals surface area contributed by atoms with E-state index in [4.69, 9.17) is 0 Å². The van der Waals surface area contributed by atoms with Gasteiger partial charge in [0, 0.05) is 16.8 Å². The third-order valence-electron chi connectivity index (χ3n) is 2.87. The zero-order valence-electron chi connectivity index (χ0n) is 9.62. The van der Waals surface area contributed by atoms with Crippen LogP contribution < -0.4 is 5.32 Å². The van der Waals surface area contributed by atoms with Gasteiger partial charge in [0.25, 0.3) is 5.91 Å². The zero-order chi connectivity index (χ0) is 11.4. The normalized spacial score (nSPS) is 16.3. The molecule has 0 fully saturated rings. The molecule has 2 heteroatoms. The number of benzene rings is 1. The van der Waals surface area contributed by atoms with Crippen molar-refractivity contribution in [3.05, 3.63) is 35.9 Å². The van der Waals surface area contributed by atoms with Gasteiger partial charge in [0.05, 0.1) is 0 Å². The Kier molecular flexibility index (Phi) is 3.40. The second-order valence-corrected chi connectivity index (χ2v) is 4.11. The van der Waals surface area contributed by atoms with Gasteiger partial charge in [-0.05, 0) is 18.9 Å². The Labute approximate surface area is 96.4 Å². The first-order chi connectivity index (χ1) is 7.83. The highest BCUT2D eigenvalue weighted by Crippen LogP contribution is 2.31. The lowest BCUT2D eigenvalue weighted by Gasteiger charge is -1.97. The summed E-state index contributed by atoms with van der Waals surface area (Å²) in [6.45, 7) is 2.19. The van der Waals surface area contributed by atoms with E-state index in [1.54, 1.807) is 0 Å². The number of para-hydroxylation sites is 1. The molecule has 84 valence electrons. The van der Waals surface area contributed by atoms with E-state index in [1.165, 1.54) is 12.8 Å². The van der Waals surface area contributed by atoms with Crippen molar-refractivity contribution >= 4 is 17.2 Å². The Balaban J connectivity index is 2.12. The van der Waals surface area contributed by atoms with E-state index in [2.05, 4.69) is 18.3 Å². The minimum atomic E-state index is 0.0395. The van der Waals surface area contributed by atoms with Crippen molar-refractivity contribution in [1.82, 2.24) is 0 Å². The van der Waals surface area contributed by atoms with Crippen LogP contribution in [-0.4, -0.2) is 5.91 Å². The van der Waals surface area contributed by atoms with Crippen molar-refractivity contribution in [3.8, 4) is 0 Å². The molecule has 1 aromatic rings. The summed E-state index contributed by atoms with van der Waals surface area (Å²) in [6.07, 6.45) is 6.66. The van der Waals surface area contributed by atoms with Gasteiger partial charge in [0.15, 0.2) is 0 Å². The van der Waals surface area contributed by atoms with Gasteiger partial charge in [-0.3, -0.25) is 4.79 Å². The lowest BCUT2D eigenvalue weighted by atomic mass is 10.0. The molecule has 0 atom stereocenters. The fourth-order valence-electron chi connectivity index (χ4n) is 1.98. The second kappa shape index (κ2) is 4.97. The Morgan fingerprint density at radius 3 is 2.88 bits per heavy atom. The number of carbonyl (C=O) groups is 1. The van der Waals surface area contributed by atoms with Crippen LogP contribution in [0.25, 0.3) is 5.57 Å². The second-order valence-electron chi connectivity index (χ2n) is 4.11. The number of fused-ring (bicyclic) bond motifs is 1. The minimum Gasteiger partial charge on any atom is -0.321 e. The summed E-state index contributed by atoms with van der Waals surface area (Å²) in [6, 6.07) is 7.86. The summed E-state index contributed by atoms with van der Waals surface area (Å²) < 4.78 is 0. The van der Waals surface area contributed by atoms with Crippen molar-refractivity contribution in [1.29, 1.82) is 0 Å². The van der Waals surface area contributed by atoms with Crippen LogP contribution in [0.4, 0.5) is 5.69 Å². The summed E-state index contributed by atoms with van der Waals surface area (Å²) in [7, 11) is 0. The summed E-state index contributed by atoms with van der Waals surface area (Å²) in [4.78, 5) is 11.7. The van der Waals surface area contributed by atoms with E-state index in [9.17, 15) is 4.79 Å². The van der Waals surface area contributed by atoms with Gasteiger partial charge in [-0.25, -0.2) is 0 Å². The Hall–Kier alpha value is -1.57. The maximum Gasteiger partial charge on any atom is 0.256 e. The molecule has 0 aromatic heterocycles. The molecular formula is C14H17NO. The van der Waals surface area contributed by atoms with E-state index in [1.807, 2.05) is 24.3 Å². The average molecular weight is 215 g/mol. The minimum absolute atomic E-state index is 0.0395. The Morgan fingerprint density at radius 1 is 1.25 bits per heavy atom. The number of allylic oxidation sites excluding steroid dienone is 1. The summed E-state index contributed by atoms with van der Waals surface area (Å²) in [5, 5.41) is 2.88. The number of hydrogen-bond acceptors (Lipinski definition) is 1. The highest BCUT2D eigenvalue weighted by atomic mass is 16.1. The van der Waals surface area contributed by atoms with E-state index < -0.39 is 0 Å². The molecule has 16 heavy (non-hydrogen) atoms. The Morgan fingerprint density at radius 2 is 2.06 bits per heavy atom. The van der Waals surface area contributed by atoms with Crippen molar-refractivity contribution < 1.29 is 4.79 Å². The zero-order valence-corrected chi connectivity index (χ0v) is 9.62. The van der Waals surface area contributed by atoms with E-state index >= 15 is 0 Å². The van der Waals surface area contributed by atoms with Crippen LogP contribution in [0.5, 0.6) is 0 Å². The highest BCUT2D eigenvalue weighted by molar-refractivity contribution is 6.31. The molecule has 1 heterocycles. The fraction of sp³-hybridized carbons (Fsp3) is 0.357. The number of nitrogens with one attached hydrogen (secondary N) is 1. The lowest BCUT2D eigenvalue weighted by molar-refractivity contribution is -0.110. The van der Waals surface area contributed by atoms with Crippen molar-refractivity contribution in [2.24, 2.45) is 0 Å². The van der Waals surface area contributed by atoms with Gasteiger partial charge in [-0.15, -0.1) is 0 Å². The van der Waals surface area contributed by atoms with Gasteiger partial charge < -0.3 is 5.32 Å². The van der Waals surface area contributed by atoms with Crippen molar-refractivity contribution in [3.63, 3.8) is 0 Å². The summed E-state index contributed by atoms with van der Waals surface area (Å²) in [5.74, 6) is 0.0395. The SMILES string of the molecule is CCCCCC=C1C(=O)Nc2ccccc21. The molecule has 1 aliphatic heterocycles. The molecule has 0 bridgehead atoms. The lowest BCUT2D eigenvalue weighted by Crippen LogP contribution is -2.03. The Bertz CT molecular complexity index is 420. The van der Waals surface area contributed by atoms with Crippen molar-refractivity contribution in [2.75, 3.05) is 5.32 Å². The number of hydrogen-bond donors (Lipinski definition) is 1. The van der Waals surface area contributed by atoms with Crippen LogP contribution in [-0.2, 0) is 4.79 Å². The molecule has 0 aliphatic carbocycles. The molecule has 0 unspecified atom stereocenters. The maximum atomic E-state index is 11.7. The molecule has 1 aromatic carbocycles. The summed E-state index contributed by atoms with van der Waals surface area (Å²) >= 11 is 0. The van der Waals surface area contributed by atoms with Crippen LogP contribution in [0, 0.1) is 0 Å². The van der Waals surface area contributed by atoms with E-state index in [0.29, 0.717) is 0 Å². The summed E-state index contributed by atoms with van der Waals surface area (Å²) in [5.41, 5.74) is 2.82.